The minimum atomic E-state index is 1.22. The first-order valence-electron chi connectivity index (χ1n) is 2.52. The summed E-state index contributed by atoms with van der Waals surface area (Å²) in [6.07, 6.45) is 0. The summed E-state index contributed by atoms with van der Waals surface area (Å²) < 4.78 is 0. The van der Waals surface area contributed by atoms with Gasteiger partial charge in [-0.25, -0.2) is 0 Å². The van der Waals surface area contributed by atoms with Crippen LogP contribution >= 0.6 is 23.1 Å². The first kappa shape index (κ1) is 4.89. The first-order valence-corrected chi connectivity index (χ1v) is 4.49. The largest absolute Gasteiger partial charge is 0.152 e. The van der Waals surface area contributed by atoms with Crippen molar-refractivity contribution in [2.24, 2.45) is 0 Å². The van der Waals surface area contributed by atoms with Gasteiger partial charge in [0.05, 0.1) is 0 Å². The Balaban J connectivity index is 2.54. The van der Waals surface area contributed by atoms with Crippen molar-refractivity contribution in [1.29, 1.82) is 0 Å². The summed E-state index contributed by atoms with van der Waals surface area (Å²) in [5, 5.41) is 3.13. The SMILES string of the molecule is [c]1cc2c(s1)CSC2. The van der Waals surface area contributed by atoms with Crippen LogP contribution < -0.4 is 0 Å². The van der Waals surface area contributed by atoms with E-state index >= 15 is 0 Å². The molecule has 0 aliphatic carbocycles. The van der Waals surface area contributed by atoms with E-state index in [4.69, 9.17) is 0 Å². The lowest BCUT2D eigenvalue weighted by Gasteiger charge is -1.77. The van der Waals surface area contributed by atoms with E-state index in [-0.39, 0.29) is 0 Å². The van der Waals surface area contributed by atoms with Gasteiger partial charge in [-0.05, 0) is 11.6 Å². The van der Waals surface area contributed by atoms with Crippen LogP contribution in [0.1, 0.15) is 10.4 Å². The molecule has 0 unspecified atom stereocenters. The molecule has 2 rings (SSSR count). The topological polar surface area (TPSA) is 0 Å². The van der Waals surface area contributed by atoms with Crippen LogP contribution in [-0.4, -0.2) is 0 Å². The van der Waals surface area contributed by atoms with Gasteiger partial charge in [0.1, 0.15) is 0 Å². The van der Waals surface area contributed by atoms with Crippen molar-refractivity contribution in [3.63, 3.8) is 0 Å². The Hall–Kier alpha value is 0.0500. The zero-order chi connectivity index (χ0) is 5.40. The van der Waals surface area contributed by atoms with Gasteiger partial charge in [-0.15, -0.1) is 11.3 Å². The molecule has 41 valence electrons. The second-order valence-corrected chi connectivity index (χ2v) is 3.72. The summed E-state index contributed by atoms with van der Waals surface area (Å²) in [5.74, 6) is 2.44. The molecular weight excluding hydrogens is 136 g/mol. The van der Waals surface area contributed by atoms with Crippen LogP contribution in [0.4, 0.5) is 0 Å². The zero-order valence-electron chi connectivity index (χ0n) is 4.31. The lowest BCUT2D eigenvalue weighted by Crippen LogP contribution is -1.65. The maximum Gasteiger partial charge on any atom is 0.0449 e. The highest BCUT2D eigenvalue weighted by molar-refractivity contribution is 7.98. The minimum Gasteiger partial charge on any atom is -0.152 e. The molecule has 2 heterocycles. The third kappa shape index (κ3) is 0.599. The molecule has 0 N–H and O–H groups in total. The molecule has 0 bridgehead atoms. The van der Waals surface area contributed by atoms with Crippen molar-refractivity contribution in [2.45, 2.75) is 11.5 Å². The van der Waals surface area contributed by atoms with Gasteiger partial charge in [-0.2, -0.15) is 11.8 Å². The Morgan fingerprint density at radius 2 is 2.50 bits per heavy atom. The molecule has 0 atom stereocenters. The Morgan fingerprint density at radius 3 is 3.38 bits per heavy atom. The predicted octanol–water partition coefficient (Wildman–Crippen LogP) is 2.30. The van der Waals surface area contributed by atoms with Gasteiger partial charge >= 0.3 is 0 Å². The Morgan fingerprint density at radius 1 is 1.50 bits per heavy atom. The van der Waals surface area contributed by atoms with Crippen molar-refractivity contribution in [3.05, 3.63) is 21.9 Å². The molecule has 1 aliphatic heterocycles. The second-order valence-electron chi connectivity index (χ2n) is 1.81. The van der Waals surface area contributed by atoms with Crippen molar-refractivity contribution < 1.29 is 0 Å². The summed E-state index contributed by atoms with van der Waals surface area (Å²) >= 11 is 3.77. The summed E-state index contributed by atoms with van der Waals surface area (Å²) in [5.41, 5.74) is 1.51. The highest BCUT2D eigenvalue weighted by Crippen LogP contribution is 2.32. The van der Waals surface area contributed by atoms with Crippen LogP contribution in [0.3, 0.4) is 0 Å². The molecule has 1 aromatic rings. The van der Waals surface area contributed by atoms with E-state index in [1.54, 1.807) is 11.3 Å². The van der Waals surface area contributed by atoms with Gasteiger partial charge in [0, 0.05) is 21.8 Å². The minimum absolute atomic E-state index is 1.22. The van der Waals surface area contributed by atoms with E-state index in [1.807, 2.05) is 11.8 Å². The molecule has 0 aromatic carbocycles. The van der Waals surface area contributed by atoms with Crippen LogP contribution in [0.2, 0.25) is 0 Å². The number of thiophene rings is 1. The maximum atomic E-state index is 3.13. The summed E-state index contributed by atoms with van der Waals surface area (Å²) in [7, 11) is 0. The zero-order valence-corrected chi connectivity index (χ0v) is 5.94. The average Bonchev–Trinajstić information content (AvgIpc) is 2.15. The van der Waals surface area contributed by atoms with Crippen molar-refractivity contribution in [3.8, 4) is 0 Å². The molecule has 0 spiro atoms. The highest BCUT2D eigenvalue weighted by Gasteiger charge is 2.10. The number of fused-ring (bicyclic) bond motifs is 1. The average molecular weight is 141 g/mol. The standard InChI is InChI=1S/C6H5S2/c1-2-8-6-4-7-3-5(1)6/h1H,3-4H2. The van der Waals surface area contributed by atoms with Gasteiger partial charge in [-0.1, -0.05) is 0 Å². The molecule has 0 saturated heterocycles. The van der Waals surface area contributed by atoms with E-state index in [2.05, 4.69) is 11.4 Å². The molecule has 0 amide bonds. The number of thioether (sulfide) groups is 1. The number of rotatable bonds is 0. The molecule has 1 aliphatic rings. The normalized spacial score (nSPS) is 16.5. The fourth-order valence-electron chi connectivity index (χ4n) is 0.816. The van der Waals surface area contributed by atoms with Crippen LogP contribution in [-0.2, 0) is 11.5 Å². The van der Waals surface area contributed by atoms with E-state index in [1.165, 1.54) is 21.9 Å². The first-order chi connectivity index (χ1) is 3.97. The van der Waals surface area contributed by atoms with E-state index in [0.29, 0.717) is 0 Å². The fraction of sp³-hybridized carbons (Fsp3) is 0.333. The lowest BCUT2D eigenvalue weighted by molar-refractivity contribution is 1.45. The summed E-state index contributed by atoms with van der Waals surface area (Å²) in [6.45, 7) is 0. The van der Waals surface area contributed by atoms with Crippen LogP contribution in [0.25, 0.3) is 0 Å². The van der Waals surface area contributed by atoms with Gasteiger partial charge in [0.2, 0.25) is 0 Å². The van der Waals surface area contributed by atoms with Gasteiger partial charge in [0.15, 0.2) is 0 Å². The van der Waals surface area contributed by atoms with Gasteiger partial charge in [0.25, 0.3) is 0 Å². The Labute approximate surface area is 56.9 Å². The lowest BCUT2D eigenvalue weighted by atomic mass is 10.3. The van der Waals surface area contributed by atoms with Crippen LogP contribution in [0, 0.1) is 5.38 Å². The van der Waals surface area contributed by atoms with Crippen molar-refractivity contribution in [2.75, 3.05) is 0 Å². The molecule has 1 aromatic heterocycles. The predicted molar refractivity (Wildman–Crippen MR) is 38.2 cm³/mol. The molecule has 2 heteroatoms. The molecule has 0 saturated carbocycles. The third-order valence-corrected chi connectivity index (χ3v) is 3.34. The quantitative estimate of drug-likeness (QED) is 0.534. The Kier molecular flexibility index (Phi) is 1.09. The molecular formula is C6H5S2. The molecule has 8 heavy (non-hydrogen) atoms. The maximum absolute atomic E-state index is 3.13. The summed E-state index contributed by atoms with van der Waals surface area (Å²) in [4.78, 5) is 1.54. The Bertz CT molecular complexity index is 172. The monoisotopic (exact) mass is 141 g/mol. The number of hydrogen-bond acceptors (Lipinski definition) is 2. The fourth-order valence-corrected chi connectivity index (χ4v) is 2.95. The number of hydrogen-bond donors (Lipinski definition) is 0. The molecule has 0 fully saturated rings. The van der Waals surface area contributed by atoms with Gasteiger partial charge in [-0.3, -0.25) is 0 Å². The van der Waals surface area contributed by atoms with E-state index < -0.39 is 0 Å². The van der Waals surface area contributed by atoms with Gasteiger partial charge < -0.3 is 0 Å². The highest BCUT2D eigenvalue weighted by atomic mass is 32.2. The van der Waals surface area contributed by atoms with E-state index in [9.17, 15) is 0 Å². The van der Waals surface area contributed by atoms with E-state index in [0.717, 1.165) is 0 Å². The summed E-state index contributed by atoms with van der Waals surface area (Å²) in [6, 6.07) is 2.11. The smallest absolute Gasteiger partial charge is 0.0449 e. The van der Waals surface area contributed by atoms with Crippen molar-refractivity contribution >= 4 is 23.1 Å². The van der Waals surface area contributed by atoms with Crippen LogP contribution in [0.15, 0.2) is 6.07 Å². The molecule has 0 nitrogen and oxygen atoms in total. The second kappa shape index (κ2) is 1.78. The van der Waals surface area contributed by atoms with Crippen molar-refractivity contribution in [1.82, 2.24) is 0 Å². The van der Waals surface area contributed by atoms with Crippen LogP contribution in [0.5, 0.6) is 0 Å². The third-order valence-electron chi connectivity index (χ3n) is 1.26. The molecule has 1 radical (unpaired) electrons.